The number of ether oxygens (including phenoxy) is 3. The third-order valence-electron chi connectivity index (χ3n) is 13.8. The van der Waals surface area contributed by atoms with Gasteiger partial charge >= 0.3 is 6.11 Å². The van der Waals surface area contributed by atoms with Gasteiger partial charge in [-0.1, -0.05) is 69.3 Å². The van der Waals surface area contributed by atoms with Crippen LogP contribution in [0.1, 0.15) is 114 Å². The van der Waals surface area contributed by atoms with E-state index in [0.29, 0.717) is 32.1 Å². The SMILES string of the molecule is Cc1ncsc1-c1ccc(CCC(=O)[C@@H]2C[C@@H](O)CN2C(=O)[C@@H](CC(=O)C(F)(F)OCCOCCCCOc2cc(F)c([C@@H]3C4=C(C[C@@H](C)N3CC(C)(C)F)c3ccccc3C4)c(F)c2)C(C)(C)C)cc1. The van der Waals surface area contributed by atoms with E-state index in [0.717, 1.165) is 56.1 Å². The average Bonchev–Trinajstić information content (AvgIpc) is 4.02. The van der Waals surface area contributed by atoms with Crippen molar-refractivity contribution in [1.29, 1.82) is 0 Å². The molecule has 1 aliphatic carbocycles. The summed E-state index contributed by atoms with van der Waals surface area (Å²) < 4.78 is 93.5. The first-order valence-electron chi connectivity index (χ1n) is 24.5. The highest BCUT2D eigenvalue weighted by atomic mass is 32.1. The number of nitrogens with zero attached hydrogens (tertiary/aromatic N) is 3. The molecule has 5 atom stereocenters. The molecule has 1 N–H and O–H groups in total. The first-order valence-corrected chi connectivity index (χ1v) is 25.4. The van der Waals surface area contributed by atoms with Crippen molar-refractivity contribution in [1.82, 2.24) is 14.8 Å². The number of alkyl halides is 3. The Morgan fingerprint density at radius 2 is 1.62 bits per heavy atom. The van der Waals surface area contributed by atoms with Gasteiger partial charge in [0.25, 0.3) is 0 Å². The van der Waals surface area contributed by atoms with Gasteiger partial charge in [-0.05, 0) is 98.6 Å². The van der Waals surface area contributed by atoms with Gasteiger partial charge in [0.15, 0.2) is 5.78 Å². The minimum absolute atomic E-state index is 0.00642. The number of ketones is 2. The topological polar surface area (TPSA) is 118 Å². The maximum Gasteiger partial charge on any atom is 0.416 e. The van der Waals surface area contributed by atoms with Crippen LogP contribution in [0.2, 0.25) is 0 Å². The number of carbonyl (C=O) groups excluding carboxylic acids is 3. The van der Waals surface area contributed by atoms with Crippen LogP contribution in [0.5, 0.6) is 5.75 Å². The first-order chi connectivity index (χ1) is 33.5. The molecule has 3 heterocycles. The quantitative estimate of drug-likeness (QED) is 0.0606. The van der Waals surface area contributed by atoms with E-state index in [1.165, 1.54) is 18.7 Å². The number of carbonyl (C=O) groups is 3. The minimum atomic E-state index is -4.23. The van der Waals surface area contributed by atoms with E-state index in [1.54, 1.807) is 37.6 Å². The molecule has 384 valence electrons. The van der Waals surface area contributed by atoms with E-state index in [-0.39, 0.29) is 68.9 Å². The third-order valence-corrected chi connectivity index (χ3v) is 14.8. The van der Waals surface area contributed by atoms with Crippen LogP contribution < -0.4 is 4.74 Å². The standard InChI is InChI=1S/C55H66F5N3O7S/c1-33-24-41-40-13-9-8-12-37(40)25-42(41)50(63(33)31-54(6,7)58)49-44(56)27-39(28-45(49)57)69-21-11-10-20-68-22-23-70-55(59,60)48(66)29-43(53(3,4)5)52(67)62-30-38(64)26-46(62)47(65)19-16-35-14-17-36(18-15-35)51-34(2)61-32-71-51/h8-9,12-15,17-18,27-28,32-33,38,43,46,50,64H,10-11,16,19-26,29-31H2,1-7H3/t33-,38-,43-,46+,50+/m1/s1. The second-order valence-corrected chi connectivity index (χ2v) is 21.7. The number of amides is 1. The molecule has 0 saturated carbocycles. The number of thiazole rings is 1. The summed E-state index contributed by atoms with van der Waals surface area (Å²) >= 11 is 1.54. The van der Waals surface area contributed by atoms with Gasteiger partial charge in [0.05, 0.1) is 60.0 Å². The van der Waals surface area contributed by atoms with Crippen LogP contribution in [0.4, 0.5) is 22.0 Å². The molecule has 2 aliphatic heterocycles. The van der Waals surface area contributed by atoms with Crippen LogP contribution in [-0.4, -0.2) is 107 Å². The van der Waals surface area contributed by atoms with Crippen molar-refractivity contribution in [2.24, 2.45) is 11.3 Å². The van der Waals surface area contributed by atoms with Gasteiger partial charge in [0, 0.05) is 62.7 Å². The van der Waals surface area contributed by atoms with Crippen LogP contribution in [0.25, 0.3) is 16.0 Å². The Morgan fingerprint density at radius 1 is 0.930 bits per heavy atom. The van der Waals surface area contributed by atoms with Crippen LogP contribution in [0.3, 0.4) is 0 Å². The second-order valence-electron chi connectivity index (χ2n) is 20.9. The van der Waals surface area contributed by atoms with Crippen molar-refractivity contribution in [3.05, 3.63) is 111 Å². The van der Waals surface area contributed by atoms with E-state index >= 15 is 22.0 Å². The van der Waals surface area contributed by atoms with Crippen molar-refractivity contribution in [2.75, 3.05) is 39.5 Å². The number of fused-ring (bicyclic) bond motifs is 2. The number of hydrogen-bond donors (Lipinski definition) is 1. The van der Waals surface area contributed by atoms with Crippen molar-refractivity contribution >= 4 is 34.4 Å². The molecular formula is C55H66F5N3O7S. The summed E-state index contributed by atoms with van der Waals surface area (Å²) in [5.41, 5.74) is 6.01. The predicted octanol–water partition coefficient (Wildman–Crippen LogP) is 10.9. The number of halogens is 5. The molecule has 4 aromatic rings. The van der Waals surface area contributed by atoms with Crippen LogP contribution in [-0.2, 0) is 36.7 Å². The molecule has 3 aliphatic rings. The lowest BCUT2D eigenvalue weighted by molar-refractivity contribution is -0.233. The smallest absolute Gasteiger partial charge is 0.416 e. The molecular weight excluding hydrogens is 942 g/mol. The summed E-state index contributed by atoms with van der Waals surface area (Å²) in [6.07, 6.45) is -3.59. The lowest BCUT2D eigenvalue weighted by Gasteiger charge is -2.44. The maximum absolute atomic E-state index is 16.1. The number of aromatic nitrogens is 1. The number of benzene rings is 3. The lowest BCUT2D eigenvalue weighted by atomic mass is 9.76. The molecule has 0 spiro atoms. The van der Waals surface area contributed by atoms with Gasteiger partial charge in [0.1, 0.15) is 23.1 Å². The fourth-order valence-corrected chi connectivity index (χ4v) is 10.9. The van der Waals surface area contributed by atoms with Gasteiger partial charge < -0.3 is 24.2 Å². The molecule has 0 unspecified atom stereocenters. The molecule has 1 amide bonds. The molecule has 1 saturated heterocycles. The molecule has 16 heteroatoms. The number of Topliss-reactive ketones (excluding diaryl/α,β-unsaturated/α-hetero) is 2. The van der Waals surface area contributed by atoms with Crippen molar-refractivity contribution < 1.29 is 55.7 Å². The van der Waals surface area contributed by atoms with Crippen molar-refractivity contribution in [3.8, 4) is 16.2 Å². The summed E-state index contributed by atoms with van der Waals surface area (Å²) in [4.78, 5) is 49.1. The van der Waals surface area contributed by atoms with E-state index in [1.807, 2.05) is 67.3 Å². The van der Waals surface area contributed by atoms with E-state index < -0.39 is 77.7 Å². The van der Waals surface area contributed by atoms with Crippen LogP contribution >= 0.6 is 11.3 Å². The predicted molar refractivity (Wildman–Crippen MR) is 263 cm³/mol. The fraction of sp³-hybridized carbons (Fsp3) is 0.527. The number of likely N-dealkylation sites (tertiary alicyclic amines) is 1. The van der Waals surface area contributed by atoms with E-state index in [9.17, 15) is 19.5 Å². The van der Waals surface area contributed by atoms with Gasteiger partial charge in [-0.2, -0.15) is 8.78 Å². The van der Waals surface area contributed by atoms with Crippen molar-refractivity contribution in [3.63, 3.8) is 0 Å². The van der Waals surface area contributed by atoms with Crippen LogP contribution in [0.15, 0.2) is 71.7 Å². The maximum atomic E-state index is 16.1. The minimum Gasteiger partial charge on any atom is -0.493 e. The molecule has 1 aromatic heterocycles. The highest BCUT2D eigenvalue weighted by Gasteiger charge is 2.49. The molecule has 0 radical (unpaired) electrons. The Morgan fingerprint density at radius 3 is 2.28 bits per heavy atom. The van der Waals surface area contributed by atoms with Gasteiger partial charge in [-0.15, -0.1) is 11.3 Å². The summed E-state index contributed by atoms with van der Waals surface area (Å²) in [6.45, 7) is 10.9. The molecule has 1 fully saturated rings. The fourth-order valence-electron chi connectivity index (χ4n) is 10.1. The summed E-state index contributed by atoms with van der Waals surface area (Å²) in [5, 5.41) is 10.6. The highest BCUT2D eigenvalue weighted by molar-refractivity contribution is 7.13. The second kappa shape index (κ2) is 22.5. The van der Waals surface area contributed by atoms with Crippen molar-refractivity contribution in [2.45, 2.75) is 136 Å². The van der Waals surface area contributed by atoms with E-state index in [4.69, 9.17) is 9.47 Å². The Bertz CT molecular complexity index is 2550. The summed E-state index contributed by atoms with van der Waals surface area (Å²) in [6, 6.07) is 16.1. The number of β-amino-alcohol motifs (C(OH)–C–C–N with tert-alkyl or cyclic N) is 1. The molecule has 71 heavy (non-hydrogen) atoms. The largest absolute Gasteiger partial charge is 0.493 e. The molecule has 7 rings (SSSR count). The van der Waals surface area contributed by atoms with E-state index in [2.05, 4.69) is 9.72 Å². The Balaban J connectivity index is 0.851. The molecule has 3 aromatic carbocycles. The Kier molecular flexibility index (Phi) is 17.1. The first kappa shape index (κ1) is 53.9. The summed E-state index contributed by atoms with van der Waals surface area (Å²) in [7, 11) is 0. The lowest BCUT2D eigenvalue weighted by Crippen LogP contribution is -2.48. The average molecular weight is 1010 g/mol. The highest BCUT2D eigenvalue weighted by Crippen LogP contribution is 2.50. The zero-order valence-corrected chi connectivity index (χ0v) is 42.5. The number of unbranched alkanes of at least 4 members (excludes halogenated alkanes) is 1. The Hall–Kier alpha value is -4.87. The number of aryl methyl sites for hydroxylation is 2. The number of rotatable bonds is 22. The van der Waals surface area contributed by atoms with Gasteiger partial charge in [0.2, 0.25) is 11.7 Å². The number of aliphatic hydroxyl groups is 1. The normalized spacial score (nSPS) is 20.0. The van der Waals surface area contributed by atoms with Gasteiger partial charge in [-0.25, -0.2) is 18.2 Å². The third kappa shape index (κ3) is 13.0. The number of hydrogen-bond acceptors (Lipinski definition) is 10. The summed E-state index contributed by atoms with van der Waals surface area (Å²) in [5.74, 6) is -5.34. The molecule has 0 bridgehead atoms. The van der Waals surface area contributed by atoms with Gasteiger partial charge in [-0.3, -0.25) is 19.3 Å². The zero-order chi connectivity index (χ0) is 51.4. The number of aliphatic hydroxyl groups excluding tert-OH is 1. The Labute approximate surface area is 417 Å². The molecule has 10 nitrogen and oxygen atoms in total. The zero-order valence-electron chi connectivity index (χ0n) is 41.7. The monoisotopic (exact) mass is 1010 g/mol. The van der Waals surface area contributed by atoms with Crippen LogP contribution in [0, 0.1) is 29.9 Å².